The number of hydrogen-bond donors (Lipinski definition) is 0. The zero-order valence-corrected chi connectivity index (χ0v) is 16.9. The van der Waals surface area contributed by atoms with Crippen LogP contribution in [-0.4, -0.2) is 40.6 Å². The normalized spacial score (nSPS) is 22.9. The van der Waals surface area contributed by atoms with Gasteiger partial charge in [-0.25, -0.2) is 0 Å². The van der Waals surface area contributed by atoms with E-state index in [0.717, 1.165) is 11.1 Å². The van der Waals surface area contributed by atoms with Gasteiger partial charge in [-0.2, -0.15) is 8.42 Å². The monoisotopic (exact) mass is 406 g/mol. The van der Waals surface area contributed by atoms with Crippen LogP contribution in [0.15, 0.2) is 59.5 Å². The molecule has 0 saturated carbocycles. The second-order valence-corrected chi connectivity index (χ2v) is 8.48. The molecule has 1 fully saturated rings. The van der Waals surface area contributed by atoms with Crippen molar-refractivity contribution in [3.63, 3.8) is 0 Å². The van der Waals surface area contributed by atoms with E-state index in [1.807, 2.05) is 37.3 Å². The predicted octanol–water partition coefficient (Wildman–Crippen LogP) is 3.44. The molecular formula is C21H26O6S. The van der Waals surface area contributed by atoms with Gasteiger partial charge in [0.1, 0.15) is 0 Å². The van der Waals surface area contributed by atoms with Crippen LogP contribution in [0.5, 0.6) is 0 Å². The van der Waals surface area contributed by atoms with Gasteiger partial charge in [-0.3, -0.25) is 4.18 Å². The van der Waals surface area contributed by atoms with E-state index >= 15 is 0 Å². The first-order valence-electron chi connectivity index (χ1n) is 9.26. The molecule has 3 rings (SSSR count). The summed E-state index contributed by atoms with van der Waals surface area (Å²) in [7, 11) is -2.27. The first-order chi connectivity index (χ1) is 13.5. The lowest BCUT2D eigenvalue weighted by atomic mass is 10.1. The third-order valence-electron chi connectivity index (χ3n) is 4.64. The molecule has 28 heavy (non-hydrogen) atoms. The van der Waals surface area contributed by atoms with Crippen molar-refractivity contribution in [1.82, 2.24) is 0 Å². The lowest BCUT2D eigenvalue weighted by Crippen LogP contribution is -2.40. The summed E-state index contributed by atoms with van der Waals surface area (Å²) in [4.78, 5) is 0.133. The summed E-state index contributed by atoms with van der Waals surface area (Å²) in [5, 5.41) is 0. The number of aryl methyl sites for hydroxylation is 1. The SMILES string of the molecule is CO[C@@H]1C[C@H](OCc2ccccc2)C[C@@H](COS(=O)(=O)c2ccc(C)cc2)O1. The van der Waals surface area contributed by atoms with E-state index < -0.39 is 22.5 Å². The zero-order chi connectivity index (χ0) is 20.0. The number of methoxy groups -OCH3 is 1. The van der Waals surface area contributed by atoms with Crippen LogP contribution in [0.1, 0.15) is 24.0 Å². The molecule has 0 bridgehead atoms. The maximum absolute atomic E-state index is 12.4. The molecule has 1 aliphatic heterocycles. The fraction of sp³-hybridized carbons (Fsp3) is 0.429. The van der Waals surface area contributed by atoms with Crippen molar-refractivity contribution in [2.45, 2.75) is 49.8 Å². The Morgan fingerprint density at radius 2 is 1.75 bits per heavy atom. The van der Waals surface area contributed by atoms with E-state index in [1.54, 1.807) is 19.2 Å². The zero-order valence-electron chi connectivity index (χ0n) is 16.1. The van der Waals surface area contributed by atoms with E-state index in [1.165, 1.54) is 12.1 Å². The van der Waals surface area contributed by atoms with Gasteiger partial charge in [0.25, 0.3) is 10.1 Å². The van der Waals surface area contributed by atoms with Crippen LogP contribution in [0.4, 0.5) is 0 Å². The average Bonchev–Trinajstić information content (AvgIpc) is 2.72. The van der Waals surface area contributed by atoms with Crippen molar-refractivity contribution >= 4 is 10.1 Å². The van der Waals surface area contributed by atoms with Gasteiger partial charge in [0.05, 0.1) is 30.3 Å². The number of ether oxygens (including phenoxy) is 3. The van der Waals surface area contributed by atoms with Crippen molar-refractivity contribution in [2.75, 3.05) is 13.7 Å². The second kappa shape index (κ2) is 9.62. The molecule has 0 amide bonds. The van der Waals surface area contributed by atoms with Crippen molar-refractivity contribution in [1.29, 1.82) is 0 Å². The highest BCUT2D eigenvalue weighted by molar-refractivity contribution is 7.86. The quantitative estimate of drug-likeness (QED) is 0.626. The molecule has 0 aromatic heterocycles. The number of rotatable bonds is 8. The van der Waals surface area contributed by atoms with Gasteiger partial charge < -0.3 is 14.2 Å². The van der Waals surface area contributed by atoms with Crippen LogP contribution in [0.3, 0.4) is 0 Å². The Hall–Kier alpha value is -1.77. The molecule has 152 valence electrons. The Morgan fingerprint density at radius 3 is 2.43 bits per heavy atom. The standard InChI is InChI=1S/C21H26O6S/c1-16-8-10-20(11-9-16)28(22,23)26-15-19-12-18(13-21(24-2)27-19)25-14-17-6-4-3-5-7-17/h3-11,18-19,21H,12-15H2,1-2H3/t18-,19+,21+/m1/s1. The highest BCUT2D eigenvalue weighted by Crippen LogP contribution is 2.25. The molecule has 0 radical (unpaired) electrons. The molecule has 1 heterocycles. The van der Waals surface area contributed by atoms with E-state index in [4.69, 9.17) is 18.4 Å². The lowest BCUT2D eigenvalue weighted by Gasteiger charge is -2.34. The van der Waals surface area contributed by atoms with Gasteiger partial charge >= 0.3 is 0 Å². The van der Waals surface area contributed by atoms with E-state index in [9.17, 15) is 8.42 Å². The third kappa shape index (κ3) is 5.86. The van der Waals surface area contributed by atoms with Crippen LogP contribution >= 0.6 is 0 Å². The minimum atomic E-state index is -3.83. The van der Waals surface area contributed by atoms with E-state index in [-0.39, 0.29) is 17.6 Å². The average molecular weight is 407 g/mol. The number of benzene rings is 2. The molecule has 0 unspecified atom stereocenters. The summed E-state index contributed by atoms with van der Waals surface area (Å²) in [6.45, 7) is 2.30. The summed E-state index contributed by atoms with van der Waals surface area (Å²) in [5.41, 5.74) is 2.06. The lowest BCUT2D eigenvalue weighted by molar-refractivity contribution is -0.217. The van der Waals surface area contributed by atoms with Crippen LogP contribution in [0.2, 0.25) is 0 Å². The van der Waals surface area contributed by atoms with Gasteiger partial charge in [-0.05, 0) is 24.6 Å². The summed E-state index contributed by atoms with van der Waals surface area (Å²) in [6.07, 6.45) is 0.139. The van der Waals surface area contributed by atoms with E-state index in [0.29, 0.717) is 19.4 Å². The minimum Gasteiger partial charge on any atom is -0.373 e. The molecule has 2 aromatic carbocycles. The van der Waals surface area contributed by atoms with Crippen LogP contribution in [-0.2, 0) is 35.1 Å². The molecule has 0 N–H and O–H groups in total. The van der Waals surface area contributed by atoms with Crippen molar-refractivity contribution in [3.8, 4) is 0 Å². The fourth-order valence-corrected chi connectivity index (χ4v) is 3.99. The summed E-state index contributed by atoms with van der Waals surface area (Å²) >= 11 is 0. The van der Waals surface area contributed by atoms with Crippen LogP contribution < -0.4 is 0 Å². The van der Waals surface area contributed by atoms with Gasteiger partial charge in [0.2, 0.25) is 0 Å². The molecule has 2 aromatic rings. The Balaban J connectivity index is 1.57. The molecule has 0 spiro atoms. The van der Waals surface area contributed by atoms with Gasteiger partial charge in [-0.15, -0.1) is 0 Å². The van der Waals surface area contributed by atoms with Gasteiger partial charge in [-0.1, -0.05) is 48.0 Å². The molecule has 1 aliphatic rings. The highest BCUT2D eigenvalue weighted by Gasteiger charge is 2.31. The van der Waals surface area contributed by atoms with Crippen LogP contribution in [0.25, 0.3) is 0 Å². The molecule has 3 atom stereocenters. The maximum Gasteiger partial charge on any atom is 0.297 e. The largest absolute Gasteiger partial charge is 0.373 e. The molecule has 6 nitrogen and oxygen atoms in total. The van der Waals surface area contributed by atoms with Gasteiger partial charge in [0.15, 0.2) is 6.29 Å². The predicted molar refractivity (Wildman–Crippen MR) is 104 cm³/mol. The first-order valence-corrected chi connectivity index (χ1v) is 10.7. The Morgan fingerprint density at radius 1 is 1.04 bits per heavy atom. The van der Waals surface area contributed by atoms with Crippen LogP contribution in [0, 0.1) is 6.92 Å². The Labute approximate surface area is 166 Å². The minimum absolute atomic E-state index is 0.0821. The second-order valence-electron chi connectivity index (χ2n) is 6.87. The maximum atomic E-state index is 12.4. The highest BCUT2D eigenvalue weighted by atomic mass is 32.2. The summed E-state index contributed by atoms with van der Waals surface area (Å²) in [6, 6.07) is 16.4. The van der Waals surface area contributed by atoms with Crippen molar-refractivity contribution in [3.05, 3.63) is 65.7 Å². The molecule has 1 saturated heterocycles. The summed E-state index contributed by atoms with van der Waals surface area (Å²) < 4.78 is 47.1. The van der Waals surface area contributed by atoms with Crippen molar-refractivity contribution < 1.29 is 26.8 Å². The molecular weight excluding hydrogens is 380 g/mol. The van der Waals surface area contributed by atoms with Gasteiger partial charge in [0, 0.05) is 20.0 Å². The first kappa shape index (κ1) is 21.0. The smallest absolute Gasteiger partial charge is 0.297 e. The molecule has 7 heteroatoms. The fourth-order valence-electron chi connectivity index (χ4n) is 3.05. The topological polar surface area (TPSA) is 71.1 Å². The van der Waals surface area contributed by atoms with Crippen molar-refractivity contribution in [2.24, 2.45) is 0 Å². The molecule has 0 aliphatic carbocycles. The van der Waals surface area contributed by atoms with E-state index in [2.05, 4.69) is 0 Å². The third-order valence-corrected chi connectivity index (χ3v) is 5.93. The summed E-state index contributed by atoms with van der Waals surface area (Å²) in [5.74, 6) is 0. The Kier molecular flexibility index (Phi) is 7.20. The Bertz CT molecular complexity index is 835. The number of hydrogen-bond acceptors (Lipinski definition) is 6.